The first-order valence-corrected chi connectivity index (χ1v) is 17.9. The van der Waals surface area contributed by atoms with Crippen LogP contribution in [-0.2, 0) is 46.7 Å². The molecule has 232 valence electrons. The molecule has 43 heavy (non-hydrogen) atoms. The molecule has 0 bridgehead atoms. The zero-order valence-electron chi connectivity index (χ0n) is 21.9. The Morgan fingerprint density at radius 2 is 1.91 bits per heavy atom. The Hall–Kier alpha value is -2.52. The van der Waals surface area contributed by atoms with Gasteiger partial charge in [0.2, 0.25) is 5.95 Å². The average molecular weight is 677 g/mol. The van der Waals surface area contributed by atoms with Gasteiger partial charge < -0.3 is 53.8 Å². The zero-order valence-corrected chi connectivity index (χ0v) is 25.4. The molecule has 4 aromatic heterocycles. The number of H-pyrrole nitrogens is 1. The molecule has 2 fully saturated rings. The molecular weight excluding hydrogens is 650 g/mol. The second-order valence-electron chi connectivity index (χ2n) is 9.73. The van der Waals surface area contributed by atoms with Crippen molar-refractivity contribution in [3.8, 4) is 0 Å². The van der Waals surface area contributed by atoms with Gasteiger partial charge in [0.1, 0.15) is 30.1 Å². The number of nitrogens with two attached hydrogens (primary N) is 2. The lowest BCUT2D eigenvalue weighted by atomic mass is 10.2. The fourth-order valence-corrected chi connectivity index (χ4v) is 6.96. The van der Waals surface area contributed by atoms with Crippen LogP contribution in [-0.4, -0.2) is 85.7 Å². The Balaban J connectivity index is 1.11. The third-order valence-corrected chi connectivity index (χ3v) is 9.23. The maximum Gasteiger partial charge on any atom is 0.324 e. The predicted octanol–water partition coefficient (Wildman–Crippen LogP) is -0.0667. The number of nitrogens with one attached hydrogen (secondary N) is 1. The summed E-state index contributed by atoms with van der Waals surface area (Å²) < 4.78 is 31.6. The first kappa shape index (κ1) is 30.5. The molecule has 0 aromatic carbocycles. The van der Waals surface area contributed by atoms with Crippen LogP contribution in [0.25, 0.3) is 22.2 Å². The molecule has 2 unspecified atom stereocenters. The Kier molecular flexibility index (Phi) is 8.35. The molecular formula is C20H26N10O9P2S2. The summed E-state index contributed by atoms with van der Waals surface area (Å²) in [5, 5.41) is 8.44. The summed E-state index contributed by atoms with van der Waals surface area (Å²) in [5.41, 5.74) is 11.8. The quantitative estimate of drug-likeness (QED) is 0.120. The summed E-state index contributed by atoms with van der Waals surface area (Å²) in [6.07, 6.45) is 0.629. The van der Waals surface area contributed by atoms with Gasteiger partial charge in [-0.05, 0) is 42.5 Å². The van der Waals surface area contributed by atoms with E-state index in [0.717, 1.165) is 0 Å². The van der Waals surface area contributed by atoms with E-state index in [1.54, 1.807) is 16.8 Å². The maximum atomic E-state index is 12.1. The van der Waals surface area contributed by atoms with Gasteiger partial charge in [-0.2, -0.15) is 9.67 Å². The number of anilines is 2. The topological polar surface area (TPSA) is 266 Å². The zero-order chi connectivity index (χ0) is 30.5. The molecule has 6 atom stereocenters. The second kappa shape index (κ2) is 11.8. The third kappa shape index (κ3) is 6.63. The molecule has 0 spiro atoms. The molecule has 8 N–H and O–H groups in total. The number of nitrogen functional groups attached to an aromatic ring is 2. The Labute approximate surface area is 251 Å². The van der Waals surface area contributed by atoms with Crippen molar-refractivity contribution in [1.82, 2.24) is 39.5 Å². The molecule has 19 nitrogen and oxygen atoms in total. The minimum absolute atomic E-state index is 0.0222. The van der Waals surface area contributed by atoms with Crippen LogP contribution in [0.5, 0.6) is 0 Å². The van der Waals surface area contributed by atoms with Gasteiger partial charge in [-0.15, -0.1) is 5.10 Å². The lowest BCUT2D eigenvalue weighted by molar-refractivity contribution is -0.0426. The van der Waals surface area contributed by atoms with Gasteiger partial charge >= 0.3 is 13.4 Å². The van der Waals surface area contributed by atoms with Crippen LogP contribution < -0.4 is 17.0 Å². The van der Waals surface area contributed by atoms with E-state index >= 15 is 0 Å². The monoisotopic (exact) mass is 676 g/mol. The Morgan fingerprint density at radius 3 is 2.70 bits per heavy atom. The molecule has 0 aliphatic carbocycles. The summed E-state index contributed by atoms with van der Waals surface area (Å²) >= 11 is 9.85. The average Bonchev–Trinajstić information content (AvgIpc) is 3.71. The van der Waals surface area contributed by atoms with Gasteiger partial charge in [0.05, 0.1) is 30.8 Å². The summed E-state index contributed by atoms with van der Waals surface area (Å²) in [4.78, 5) is 56.9. The maximum absolute atomic E-state index is 12.1. The molecule has 2 aliphatic heterocycles. The molecule has 6 heterocycles. The van der Waals surface area contributed by atoms with Crippen molar-refractivity contribution < 1.29 is 37.7 Å². The minimum atomic E-state index is -4.01. The number of fused-ring (bicyclic) bond motifs is 2. The van der Waals surface area contributed by atoms with Crippen LogP contribution in [0, 0.1) is 0 Å². The number of ether oxygens (including phenoxy) is 2. The highest BCUT2D eigenvalue weighted by Gasteiger charge is 2.42. The van der Waals surface area contributed by atoms with Crippen LogP contribution in [0.4, 0.5) is 11.8 Å². The molecule has 0 saturated carbocycles. The first-order chi connectivity index (χ1) is 20.4. The van der Waals surface area contributed by atoms with E-state index < -0.39 is 49.8 Å². The molecule has 4 aromatic rings. The van der Waals surface area contributed by atoms with Crippen molar-refractivity contribution in [2.45, 2.75) is 50.0 Å². The van der Waals surface area contributed by atoms with E-state index in [-0.39, 0.29) is 42.6 Å². The largest absolute Gasteiger partial charge is 0.383 e. The lowest BCUT2D eigenvalue weighted by Gasteiger charge is -2.24. The molecule has 0 amide bonds. The van der Waals surface area contributed by atoms with Crippen LogP contribution in [0.1, 0.15) is 31.7 Å². The molecule has 2 saturated heterocycles. The summed E-state index contributed by atoms with van der Waals surface area (Å²) in [7, 11) is 0. The number of aromatic amines is 1. The van der Waals surface area contributed by atoms with E-state index in [2.05, 4.69) is 42.1 Å². The lowest BCUT2D eigenvalue weighted by Crippen LogP contribution is -2.28. The fraction of sp³-hybridized carbons (Fsp3) is 0.500. The van der Waals surface area contributed by atoms with Gasteiger partial charge in [0.15, 0.2) is 17.4 Å². The third-order valence-electron chi connectivity index (χ3n) is 6.84. The first-order valence-electron chi connectivity index (χ1n) is 12.7. The highest BCUT2D eigenvalue weighted by atomic mass is 32.5. The van der Waals surface area contributed by atoms with Gasteiger partial charge in [-0.25, -0.2) is 9.97 Å². The van der Waals surface area contributed by atoms with Crippen molar-refractivity contribution in [3.05, 3.63) is 28.9 Å². The SMILES string of the molecule is Nc1nc2c(nnn2[C@H]2CC[C@@H](COP(O)(=S)OC3C[C@H](n4ccc5c(N)ncnc54)O[C@@H]3COP(O)(O)=S)O2)c(=O)[nH]1. The molecule has 0 radical (unpaired) electrons. The number of hydrogen-bond donors (Lipinski definition) is 6. The minimum Gasteiger partial charge on any atom is -0.383 e. The van der Waals surface area contributed by atoms with E-state index in [9.17, 15) is 19.5 Å². The number of nitrogens with zero attached hydrogens (tertiary/aromatic N) is 7. The van der Waals surface area contributed by atoms with Crippen molar-refractivity contribution in [1.29, 1.82) is 0 Å². The smallest absolute Gasteiger partial charge is 0.324 e. The van der Waals surface area contributed by atoms with Gasteiger partial charge in [-0.1, -0.05) is 5.21 Å². The van der Waals surface area contributed by atoms with Crippen molar-refractivity contribution >= 4 is 71.0 Å². The fourth-order valence-electron chi connectivity index (χ4n) is 4.94. The van der Waals surface area contributed by atoms with Crippen LogP contribution in [0.2, 0.25) is 0 Å². The van der Waals surface area contributed by atoms with E-state index in [0.29, 0.717) is 23.9 Å². The van der Waals surface area contributed by atoms with E-state index in [1.165, 1.54) is 11.0 Å². The Morgan fingerprint density at radius 1 is 1.09 bits per heavy atom. The normalized spacial score (nSPS) is 26.0. The van der Waals surface area contributed by atoms with Gasteiger partial charge in [0, 0.05) is 12.6 Å². The van der Waals surface area contributed by atoms with Crippen LogP contribution in [0.3, 0.4) is 0 Å². The van der Waals surface area contributed by atoms with E-state index in [1.807, 2.05) is 0 Å². The molecule has 6 rings (SSSR count). The number of aromatic nitrogens is 8. The number of hydrogen-bond acceptors (Lipinski definition) is 15. The van der Waals surface area contributed by atoms with Crippen LogP contribution in [0.15, 0.2) is 23.4 Å². The highest BCUT2D eigenvalue weighted by Crippen LogP contribution is 2.50. The van der Waals surface area contributed by atoms with Crippen molar-refractivity contribution in [2.75, 3.05) is 24.7 Å². The standard InChI is InChI=1S/C20H26N10O9P2S2/c21-16-10-3-4-29(17(10)24-8-23-16)14-5-11(12(38-14)7-35-40(32,33)42)39-41(34,43)36-6-9-1-2-13(37-9)30-18-15(27-28-30)19(31)26-20(22)25-18/h3-4,8-9,11-14H,1-2,5-7H2,(H,34,43)(H2,21,23,24)(H2,32,33,42)(H3,22,25,26,31)/t9-,11?,12+,13+,14+,41?/m0/s1. The molecule has 23 heteroatoms. The summed E-state index contributed by atoms with van der Waals surface area (Å²) in [6, 6.07) is 1.73. The van der Waals surface area contributed by atoms with Gasteiger partial charge in [-0.3, -0.25) is 9.78 Å². The predicted molar refractivity (Wildman–Crippen MR) is 156 cm³/mol. The van der Waals surface area contributed by atoms with E-state index in [4.69, 9.17) is 46.3 Å². The second-order valence-corrected chi connectivity index (χ2v) is 15.2. The van der Waals surface area contributed by atoms with Gasteiger partial charge in [0.25, 0.3) is 5.56 Å². The number of rotatable bonds is 10. The van der Waals surface area contributed by atoms with Crippen LogP contribution >= 0.6 is 13.4 Å². The van der Waals surface area contributed by atoms with Crippen molar-refractivity contribution in [3.63, 3.8) is 0 Å². The Bertz CT molecular complexity index is 1810. The highest BCUT2D eigenvalue weighted by molar-refractivity contribution is 8.07. The molecule has 2 aliphatic rings. The summed E-state index contributed by atoms with van der Waals surface area (Å²) in [5.74, 6) is 0.205. The summed E-state index contributed by atoms with van der Waals surface area (Å²) in [6.45, 7) is -8.35. The van der Waals surface area contributed by atoms with Crippen molar-refractivity contribution in [2.24, 2.45) is 0 Å².